The molecule has 0 radical (unpaired) electrons. The van der Waals surface area contributed by atoms with Crippen LogP contribution in [0.1, 0.15) is 43.2 Å². The van der Waals surface area contributed by atoms with E-state index in [4.69, 9.17) is 0 Å². The molecule has 29 heavy (non-hydrogen) atoms. The number of carbonyl (C=O) groups is 2. The number of alkyl halides is 3. The summed E-state index contributed by atoms with van der Waals surface area (Å²) in [6, 6.07) is 3.67. The van der Waals surface area contributed by atoms with Crippen molar-refractivity contribution in [1.82, 2.24) is 14.9 Å². The van der Waals surface area contributed by atoms with Gasteiger partial charge >= 0.3 is 12.2 Å². The zero-order valence-corrected chi connectivity index (χ0v) is 16.4. The largest absolute Gasteiger partial charge is 0.416 e. The lowest BCUT2D eigenvalue weighted by atomic mass is 9.98. The van der Waals surface area contributed by atoms with Crippen molar-refractivity contribution in [3.05, 3.63) is 35.4 Å². The van der Waals surface area contributed by atoms with Gasteiger partial charge in [-0.25, -0.2) is 17.9 Å². The molecule has 2 aliphatic rings. The Hall–Kier alpha value is -2.14. The lowest BCUT2D eigenvalue weighted by Crippen LogP contribution is -2.44. The molecule has 11 heteroatoms. The van der Waals surface area contributed by atoms with E-state index >= 15 is 0 Å². The van der Waals surface area contributed by atoms with Gasteiger partial charge < -0.3 is 5.32 Å². The molecule has 1 saturated heterocycles. The number of rotatable bonds is 7. The molecule has 3 rings (SSSR count). The average Bonchev–Trinajstić information content (AvgIpc) is 3.18. The third-order valence-corrected chi connectivity index (χ3v) is 6.55. The van der Waals surface area contributed by atoms with E-state index in [-0.39, 0.29) is 31.0 Å². The third kappa shape index (κ3) is 4.89. The average molecular weight is 433 g/mol. The van der Waals surface area contributed by atoms with Crippen LogP contribution in [-0.2, 0) is 26.7 Å². The van der Waals surface area contributed by atoms with Gasteiger partial charge in [-0.1, -0.05) is 31.0 Å². The minimum Gasteiger partial charge on any atom is -0.323 e. The van der Waals surface area contributed by atoms with Crippen LogP contribution in [0.15, 0.2) is 24.3 Å². The Bertz CT molecular complexity index is 896. The summed E-state index contributed by atoms with van der Waals surface area (Å²) in [7, 11) is -3.86. The molecule has 0 aromatic heterocycles. The molecule has 7 nitrogen and oxygen atoms in total. The fourth-order valence-corrected chi connectivity index (χ4v) is 4.95. The monoisotopic (exact) mass is 433 g/mol. The summed E-state index contributed by atoms with van der Waals surface area (Å²) in [4.78, 5) is 25.7. The number of nitrogens with one attached hydrogen (secondary N) is 2. The van der Waals surface area contributed by atoms with E-state index in [1.54, 1.807) is 0 Å². The summed E-state index contributed by atoms with van der Waals surface area (Å²) < 4.78 is 64.8. The number of imide groups is 1. The lowest BCUT2D eigenvalue weighted by Gasteiger charge is -2.20. The molecule has 2 N–H and O–H groups in total. The molecule has 0 bridgehead atoms. The van der Waals surface area contributed by atoms with Crippen LogP contribution in [0, 0.1) is 0 Å². The molecule has 1 aromatic rings. The molecular weight excluding hydrogens is 411 g/mol. The van der Waals surface area contributed by atoms with Gasteiger partial charge in [0.1, 0.15) is 5.54 Å². The first-order chi connectivity index (χ1) is 13.5. The molecule has 1 aliphatic heterocycles. The Morgan fingerprint density at radius 1 is 1.17 bits per heavy atom. The second kappa shape index (κ2) is 7.94. The summed E-state index contributed by atoms with van der Waals surface area (Å²) >= 11 is 0. The Labute approximate surface area is 166 Å². The highest BCUT2D eigenvalue weighted by atomic mass is 32.2. The van der Waals surface area contributed by atoms with Crippen LogP contribution in [0.4, 0.5) is 18.0 Å². The quantitative estimate of drug-likeness (QED) is 0.510. The molecule has 1 spiro atoms. The number of hydrogen-bond acceptors (Lipinski definition) is 4. The van der Waals surface area contributed by atoms with Crippen molar-refractivity contribution in [3.63, 3.8) is 0 Å². The van der Waals surface area contributed by atoms with E-state index < -0.39 is 39.1 Å². The van der Waals surface area contributed by atoms with Gasteiger partial charge in [0.15, 0.2) is 0 Å². The van der Waals surface area contributed by atoms with Crippen LogP contribution in [0.5, 0.6) is 0 Å². The Balaban J connectivity index is 1.50. The molecule has 2 fully saturated rings. The van der Waals surface area contributed by atoms with Crippen LogP contribution < -0.4 is 10.0 Å². The summed E-state index contributed by atoms with van der Waals surface area (Å²) in [5.74, 6) is -0.866. The minimum atomic E-state index is -4.55. The first-order valence-electron chi connectivity index (χ1n) is 9.30. The van der Waals surface area contributed by atoms with Gasteiger partial charge in [0.25, 0.3) is 5.91 Å². The Kier molecular flexibility index (Phi) is 5.91. The number of urea groups is 1. The van der Waals surface area contributed by atoms with Crippen LogP contribution in [-0.4, -0.2) is 43.9 Å². The second-order valence-electron chi connectivity index (χ2n) is 7.38. The summed E-state index contributed by atoms with van der Waals surface area (Å²) in [6.45, 7) is 0.0316. The predicted molar refractivity (Wildman–Crippen MR) is 98.1 cm³/mol. The summed E-state index contributed by atoms with van der Waals surface area (Å²) in [6.07, 6.45) is -1.39. The van der Waals surface area contributed by atoms with Gasteiger partial charge in [0.05, 0.1) is 11.3 Å². The Morgan fingerprint density at radius 3 is 2.52 bits per heavy atom. The van der Waals surface area contributed by atoms with Gasteiger partial charge in [0, 0.05) is 13.1 Å². The number of sulfonamides is 1. The topological polar surface area (TPSA) is 95.6 Å². The van der Waals surface area contributed by atoms with Crippen molar-refractivity contribution in [2.75, 3.05) is 13.1 Å². The molecule has 3 amide bonds. The molecule has 1 aliphatic carbocycles. The first-order valence-corrected chi connectivity index (χ1v) is 11.0. The van der Waals surface area contributed by atoms with E-state index in [0.29, 0.717) is 12.8 Å². The van der Waals surface area contributed by atoms with Gasteiger partial charge in [-0.2, -0.15) is 13.2 Å². The van der Waals surface area contributed by atoms with E-state index in [1.165, 1.54) is 6.07 Å². The summed E-state index contributed by atoms with van der Waals surface area (Å²) in [5, 5.41) is 2.74. The third-order valence-electron chi connectivity index (χ3n) is 5.19. The lowest BCUT2D eigenvalue weighted by molar-refractivity contribution is -0.137. The SMILES string of the molecule is O=C1NC2(CCCC2)C(=O)N1CCCNS(=O)(=O)Cc1cccc(C(F)(F)F)c1. The van der Waals surface area contributed by atoms with Gasteiger partial charge in [-0.05, 0) is 30.9 Å². The molecule has 0 atom stereocenters. The molecular formula is C18H22F3N3O4S. The zero-order valence-electron chi connectivity index (χ0n) is 15.6. The van der Waals surface area contributed by atoms with Crippen molar-refractivity contribution in [1.29, 1.82) is 0 Å². The van der Waals surface area contributed by atoms with Gasteiger partial charge in [-0.15, -0.1) is 0 Å². The minimum absolute atomic E-state index is 0.0181. The first kappa shape index (κ1) is 21.6. The van der Waals surface area contributed by atoms with E-state index in [2.05, 4.69) is 10.0 Å². The van der Waals surface area contributed by atoms with Crippen LogP contribution >= 0.6 is 0 Å². The predicted octanol–water partition coefficient (Wildman–Crippen LogP) is 2.38. The van der Waals surface area contributed by atoms with Gasteiger partial charge in [-0.3, -0.25) is 9.69 Å². The molecule has 1 heterocycles. The molecule has 160 valence electrons. The van der Waals surface area contributed by atoms with Gasteiger partial charge in [0.2, 0.25) is 10.0 Å². The van der Waals surface area contributed by atoms with Crippen LogP contribution in [0.25, 0.3) is 0 Å². The van der Waals surface area contributed by atoms with Crippen molar-refractivity contribution < 1.29 is 31.2 Å². The fourth-order valence-electron chi connectivity index (χ4n) is 3.77. The van der Waals surface area contributed by atoms with Crippen molar-refractivity contribution >= 4 is 22.0 Å². The zero-order chi connectivity index (χ0) is 21.3. The van der Waals surface area contributed by atoms with Crippen LogP contribution in [0.2, 0.25) is 0 Å². The van der Waals surface area contributed by atoms with E-state index in [0.717, 1.165) is 35.9 Å². The summed E-state index contributed by atoms with van der Waals surface area (Å²) in [5.41, 5.74) is -1.70. The maximum Gasteiger partial charge on any atom is 0.416 e. The number of benzene rings is 1. The molecule has 1 aromatic carbocycles. The maximum absolute atomic E-state index is 12.7. The highest BCUT2D eigenvalue weighted by Gasteiger charge is 2.52. The van der Waals surface area contributed by atoms with Crippen molar-refractivity contribution in [3.8, 4) is 0 Å². The highest BCUT2D eigenvalue weighted by Crippen LogP contribution is 2.35. The van der Waals surface area contributed by atoms with Crippen molar-refractivity contribution in [2.45, 2.75) is 49.6 Å². The standard InChI is InChI=1S/C18H22F3N3O4S/c19-18(20,21)14-6-3-5-13(11-14)12-29(27,28)22-9-4-10-24-15(25)17(23-16(24)26)7-1-2-8-17/h3,5-6,11,22H,1-2,4,7-10,12H2,(H,23,26). The van der Waals surface area contributed by atoms with E-state index in [9.17, 15) is 31.2 Å². The maximum atomic E-state index is 12.7. The Morgan fingerprint density at radius 2 is 1.86 bits per heavy atom. The number of amides is 3. The number of carbonyl (C=O) groups excluding carboxylic acids is 2. The molecule has 1 saturated carbocycles. The number of hydrogen-bond donors (Lipinski definition) is 2. The normalized spacial score (nSPS) is 19.2. The second-order valence-corrected chi connectivity index (χ2v) is 9.19. The fraction of sp³-hybridized carbons (Fsp3) is 0.556. The smallest absolute Gasteiger partial charge is 0.323 e. The van der Waals surface area contributed by atoms with E-state index in [1.807, 2.05) is 0 Å². The molecule has 0 unspecified atom stereocenters. The number of nitrogens with zero attached hydrogens (tertiary/aromatic N) is 1. The number of halogens is 3. The van der Waals surface area contributed by atoms with Crippen LogP contribution in [0.3, 0.4) is 0 Å². The highest BCUT2D eigenvalue weighted by molar-refractivity contribution is 7.88. The van der Waals surface area contributed by atoms with Crippen molar-refractivity contribution in [2.24, 2.45) is 0 Å².